The summed E-state index contributed by atoms with van der Waals surface area (Å²) >= 11 is 0. The van der Waals surface area contributed by atoms with E-state index in [0.717, 1.165) is 0 Å². The molecule has 9 nitrogen and oxygen atoms in total. The van der Waals surface area contributed by atoms with E-state index in [1.807, 2.05) is 12.1 Å². The summed E-state index contributed by atoms with van der Waals surface area (Å²) in [4.78, 5) is 28.9. The number of methoxy groups -OCH3 is 1. The Labute approximate surface area is 149 Å². The molecule has 0 bridgehead atoms. The minimum Gasteiger partial charge on any atom is -0.496 e. The zero-order chi connectivity index (χ0) is 18.7. The van der Waals surface area contributed by atoms with Crippen molar-refractivity contribution in [1.82, 2.24) is 15.0 Å². The number of carboxylic acid groups (broad SMARTS) is 1. The lowest BCUT2D eigenvalue weighted by molar-refractivity contribution is -0.148. The molecule has 0 saturated carbocycles. The highest BCUT2D eigenvalue weighted by Gasteiger charge is 2.38. The number of aliphatic hydroxyl groups excluding tert-OH is 1. The van der Waals surface area contributed by atoms with Crippen LogP contribution in [0.2, 0.25) is 0 Å². The van der Waals surface area contributed by atoms with Crippen molar-refractivity contribution >= 4 is 11.9 Å². The predicted octanol–water partition coefficient (Wildman–Crippen LogP) is 0.724. The van der Waals surface area contributed by atoms with Gasteiger partial charge in [0, 0.05) is 25.8 Å². The van der Waals surface area contributed by atoms with Crippen LogP contribution < -0.4 is 4.74 Å². The van der Waals surface area contributed by atoms with Gasteiger partial charge in [0.1, 0.15) is 11.8 Å². The van der Waals surface area contributed by atoms with Crippen LogP contribution in [0.15, 0.2) is 28.8 Å². The van der Waals surface area contributed by atoms with Crippen molar-refractivity contribution in [2.45, 2.75) is 31.4 Å². The first kappa shape index (κ1) is 17.9. The molecular weight excluding hydrogens is 342 g/mol. The summed E-state index contributed by atoms with van der Waals surface area (Å²) in [7, 11) is 1.54. The quantitative estimate of drug-likeness (QED) is 0.771. The van der Waals surface area contributed by atoms with E-state index >= 15 is 0 Å². The van der Waals surface area contributed by atoms with Crippen LogP contribution in [0.4, 0.5) is 0 Å². The number of para-hydroxylation sites is 1. The maximum absolute atomic E-state index is 12.3. The number of aryl methyl sites for hydroxylation is 1. The lowest BCUT2D eigenvalue weighted by Gasteiger charge is -2.20. The van der Waals surface area contributed by atoms with Gasteiger partial charge in [-0.2, -0.15) is 4.98 Å². The van der Waals surface area contributed by atoms with Crippen LogP contribution in [-0.4, -0.2) is 62.9 Å². The van der Waals surface area contributed by atoms with E-state index in [1.165, 1.54) is 4.90 Å². The molecule has 1 aliphatic heterocycles. The van der Waals surface area contributed by atoms with Gasteiger partial charge in [-0.3, -0.25) is 4.79 Å². The average Bonchev–Trinajstić information content (AvgIpc) is 3.26. The number of likely N-dealkylation sites (tertiary alicyclic amines) is 1. The number of hydrogen-bond donors (Lipinski definition) is 2. The third-order valence-electron chi connectivity index (χ3n) is 4.25. The Morgan fingerprint density at radius 2 is 2.15 bits per heavy atom. The Hall–Kier alpha value is -2.94. The molecule has 26 heavy (non-hydrogen) atoms. The number of β-amino-alcohol motifs (C(OH)–C–C–N with tert-alkyl or cyclic N) is 1. The summed E-state index contributed by atoms with van der Waals surface area (Å²) in [6.45, 7) is 0.0199. The Kier molecular flexibility index (Phi) is 5.17. The third-order valence-corrected chi connectivity index (χ3v) is 4.25. The first-order valence-corrected chi connectivity index (χ1v) is 8.16. The predicted molar refractivity (Wildman–Crippen MR) is 88.4 cm³/mol. The topological polar surface area (TPSA) is 126 Å². The van der Waals surface area contributed by atoms with Gasteiger partial charge in [0.15, 0.2) is 0 Å². The summed E-state index contributed by atoms with van der Waals surface area (Å²) in [5.74, 6) is -0.265. The molecule has 0 radical (unpaired) electrons. The van der Waals surface area contributed by atoms with E-state index in [2.05, 4.69) is 10.1 Å². The van der Waals surface area contributed by atoms with E-state index in [9.17, 15) is 14.7 Å². The molecule has 3 rings (SSSR count). The van der Waals surface area contributed by atoms with Gasteiger partial charge in [0.2, 0.25) is 17.6 Å². The molecule has 1 aliphatic rings. The SMILES string of the molecule is COc1ccccc1-c1noc(CCC(=O)N2C[C@H](O)C[C@H]2C(=O)O)n1. The van der Waals surface area contributed by atoms with E-state index in [1.54, 1.807) is 19.2 Å². The Morgan fingerprint density at radius 1 is 1.38 bits per heavy atom. The number of amides is 1. The number of benzene rings is 1. The van der Waals surface area contributed by atoms with Crippen LogP contribution in [0.5, 0.6) is 5.75 Å². The minimum absolute atomic E-state index is 0.0179. The van der Waals surface area contributed by atoms with Gasteiger partial charge in [-0.15, -0.1) is 0 Å². The van der Waals surface area contributed by atoms with Gasteiger partial charge in [-0.1, -0.05) is 17.3 Å². The van der Waals surface area contributed by atoms with Crippen LogP contribution in [0.1, 0.15) is 18.7 Å². The molecule has 1 fully saturated rings. The van der Waals surface area contributed by atoms with Gasteiger partial charge >= 0.3 is 5.97 Å². The maximum atomic E-state index is 12.3. The number of ether oxygens (including phenoxy) is 1. The molecule has 1 aromatic heterocycles. The monoisotopic (exact) mass is 361 g/mol. The minimum atomic E-state index is -1.12. The summed E-state index contributed by atoms with van der Waals surface area (Å²) in [5, 5.41) is 22.7. The molecule has 0 spiro atoms. The zero-order valence-electron chi connectivity index (χ0n) is 14.2. The number of nitrogens with zero attached hydrogens (tertiary/aromatic N) is 3. The molecule has 2 N–H and O–H groups in total. The van der Waals surface area contributed by atoms with E-state index in [4.69, 9.17) is 14.4 Å². The maximum Gasteiger partial charge on any atom is 0.326 e. The second-order valence-corrected chi connectivity index (χ2v) is 6.00. The van der Waals surface area contributed by atoms with Gasteiger partial charge in [0.25, 0.3) is 0 Å². The zero-order valence-corrected chi connectivity index (χ0v) is 14.2. The van der Waals surface area contributed by atoms with Crippen LogP contribution in [0, 0.1) is 0 Å². The molecule has 0 aliphatic carbocycles. The summed E-state index contributed by atoms with van der Waals surface area (Å²) < 4.78 is 10.4. The van der Waals surface area contributed by atoms with E-state index in [0.29, 0.717) is 17.1 Å². The van der Waals surface area contributed by atoms with Crippen LogP contribution >= 0.6 is 0 Å². The third kappa shape index (κ3) is 3.67. The average molecular weight is 361 g/mol. The number of aromatic nitrogens is 2. The number of aliphatic carboxylic acids is 1. The fraction of sp³-hybridized carbons (Fsp3) is 0.412. The van der Waals surface area contributed by atoms with Crippen molar-refractivity contribution in [2.24, 2.45) is 0 Å². The van der Waals surface area contributed by atoms with Crippen LogP contribution in [-0.2, 0) is 16.0 Å². The fourth-order valence-electron chi connectivity index (χ4n) is 2.98. The molecule has 2 aromatic rings. The van der Waals surface area contributed by atoms with Crippen molar-refractivity contribution in [3.8, 4) is 17.1 Å². The highest BCUT2D eigenvalue weighted by atomic mass is 16.5. The van der Waals surface area contributed by atoms with Gasteiger partial charge in [-0.25, -0.2) is 4.79 Å². The highest BCUT2D eigenvalue weighted by molar-refractivity contribution is 5.84. The number of rotatable bonds is 6. The smallest absolute Gasteiger partial charge is 0.326 e. The number of carbonyl (C=O) groups is 2. The first-order valence-electron chi connectivity index (χ1n) is 8.16. The van der Waals surface area contributed by atoms with Crippen molar-refractivity contribution in [3.63, 3.8) is 0 Å². The van der Waals surface area contributed by atoms with Gasteiger partial charge < -0.3 is 24.4 Å². The number of carboxylic acids is 1. The number of carbonyl (C=O) groups excluding carboxylic acids is 1. The Bertz CT molecular complexity index is 805. The van der Waals surface area contributed by atoms with Crippen LogP contribution in [0.3, 0.4) is 0 Å². The molecule has 1 aromatic carbocycles. The molecule has 138 valence electrons. The second-order valence-electron chi connectivity index (χ2n) is 6.00. The lowest BCUT2D eigenvalue weighted by Crippen LogP contribution is -2.40. The van der Waals surface area contributed by atoms with E-state index < -0.39 is 18.1 Å². The highest BCUT2D eigenvalue weighted by Crippen LogP contribution is 2.27. The molecule has 1 saturated heterocycles. The number of hydrogen-bond acceptors (Lipinski definition) is 7. The molecule has 0 unspecified atom stereocenters. The standard InChI is InChI=1S/C17H19N3O6/c1-25-13-5-3-2-4-11(13)16-18-14(26-19-16)6-7-15(22)20-9-10(21)8-12(20)17(23)24/h2-5,10,12,21H,6-9H2,1H3,(H,23,24)/t10-,12+/m1/s1. The van der Waals surface area contributed by atoms with Gasteiger partial charge in [-0.05, 0) is 12.1 Å². The second kappa shape index (κ2) is 7.52. The Balaban J connectivity index is 1.65. The van der Waals surface area contributed by atoms with Crippen molar-refractivity contribution in [2.75, 3.05) is 13.7 Å². The molecular formula is C17H19N3O6. The summed E-state index contributed by atoms with van der Waals surface area (Å²) in [6, 6.07) is 6.22. The lowest BCUT2D eigenvalue weighted by atomic mass is 10.2. The normalized spacial score (nSPS) is 19.5. The first-order chi connectivity index (χ1) is 12.5. The van der Waals surface area contributed by atoms with Gasteiger partial charge in [0.05, 0.1) is 18.8 Å². The molecule has 1 amide bonds. The van der Waals surface area contributed by atoms with Crippen molar-refractivity contribution in [3.05, 3.63) is 30.2 Å². The number of aliphatic hydroxyl groups is 1. The van der Waals surface area contributed by atoms with Crippen molar-refractivity contribution < 1.29 is 29.1 Å². The summed E-state index contributed by atoms with van der Waals surface area (Å²) in [6.07, 6.45) is -0.579. The summed E-state index contributed by atoms with van der Waals surface area (Å²) in [5.41, 5.74) is 0.671. The molecule has 2 atom stereocenters. The molecule has 2 heterocycles. The fourth-order valence-corrected chi connectivity index (χ4v) is 2.98. The van der Waals surface area contributed by atoms with Crippen molar-refractivity contribution in [1.29, 1.82) is 0 Å². The largest absolute Gasteiger partial charge is 0.496 e. The van der Waals surface area contributed by atoms with Crippen LogP contribution in [0.25, 0.3) is 11.4 Å². The van der Waals surface area contributed by atoms with E-state index in [-0.39, 0.29) is 37.6 Å². The Morgan fingerprint density at radius 3 is 2.88 bits per heavy atom. The molecule has 9 heteroatoms.